The van der Waals surface area contributed by atoms with Gasteiger partial charge in [0.05, 0.1) is 18.1 Å². The van der Waals surface area contributed by atoms with Crippen LogP contribution in [0.5, 0.6) is 0 Å². The van der Waals surface area contributed by atoms with E-state index < -0.39 is 30.0 Å². The Morgan fingerprint density at radius 3 is 2.41 bits per heavy atom. The average molecular weight is 322 g/mol. The standard InChI is InChI=1S/C16H16ClNO4/c17-10-3-1-9(2-4-10)7-8-18-15(19)13-11-5-6-12(22-11)14(13)16(20)21/h1-6,11-14H,7-8H2,(H,18,19)(H,20,21)/t11-,12-,13-,14+/m1/s1. The Labute approximate surface area is 132 Å². The van der Waals surface area contributed by atoms with Gasteiger partial charge in [-0.1, -0.05) is 35.9 Å². The second kappa shape index (κ2) is 6.10. The van der Waals surface area contributed by atoms with Crippen LogP contribution in [0.1, 0.15) is 5.56 Å². The summed E-state index contributed by atoms with van der Waals surface area (Å²) in [5.41, 5.74) is 1.06. The number of halogens is 1. The van der Waals surface area contributed by atoms with Crippen LogP contribution in [0.4, 0.5) is 0 Å². The molecule has 116 valence electrons. The Bertz CT molecular complexity index is 613. The fourth-order valence-corrected chi connectivity index (χ4v) is 3.14. The third-order valence-corrected chi connectivity index (χ3v) is 4.37. The number of carboxylic acids is 1. The second-order valence-electron chi connectivity index (χ2n) is 5.51. The van der Waals surface area contributed by atoms with E-state index in [1.54, 1.807) is 24.3 Å². The molecule has 0 radical (unpaired) electrons. The van der Waals surface area contributed by atoms with E-state index >= 15 is 0 Å². The van der Waals surface area contributed by atoms with Crippen LogP contribution in [-0.4, -0.2) is 35.7 Å². The highest BCUT2D eigenvalue weighted by Crippen LogP contribution is 2.39. The number of benzene rings is 1. The zero-order chi connectivity index (χ0) is 15.7. The van der Waals surface area contributed by atoms with E-state index in [-0.39, 0.29) is 5.91 Å². The van der Waals surface area contributed by atoms with Crippen molar-refractivity contribution >= 4 is 23.5 Å². The molecule has 6 heteroatoms. The number of hydrogen-bond donors (Lipinski definition) is 2. The topological polar surface area (TPSA) is 75.6 Å². The molecule has 0 aliphatic carbocycles. The van der Waals surface area contributed by atoms with Crippen LogP contribution in [0.15, 0.2) is 36.4 Å². The summed E-state index contributed by atoms with van der Waals surface area (Å²) in [6.45, 7) is 0.449. The molecule has 1 fully saturated rings. The van der Waals surface area contributed by atoms with Gasteiger partial charge in [-0.05, 0) is 24.1 Å². The second-order valence-corrected chi connectivity index (χ2v) is 5.94. The smallest absolute Gasteiger partial charge is 0.310 e. The molecule has 0 saturated carbocycles. The molecule has 0 aromatic heterocycles. The molecule has 1 aromatic carbocycles. The highest BCUT2D eigenvalue weighted by Gasteiger charge is 2.53. The van der Waals surface area contributed by atoms with Crippen molar-refractivity contribution in [2.75, 3.05) is 6.54 Å². The molecule has 0 spiro atoms. The van der Waals surface area contributed by atoms with Gasteiger partial charge in [0.15, 0.2) is 0 Å². The molecule has 0 unspecified atom stereocenters. The number of carboxylic acid groups (broad SMARTS) is 1. The quantitative estimate of drug-likeness (QED) is 0.809. The molecule has 2 N–H and O–H groups in total. The fraction of sp³-hybridized carbons (Fsp3) is 0.375. The van der Waals surface area contributed by atoms with E-state index in [1.807, 2.05) is 12.1 Å². The van der Waals surface area contributed by atoms with E-state index in [2.05, 4.69) is 5.32 Å². The molecule has 4 atom stereocenters. The van der Waals surface area contributed by atoms with Gasteiger partial charge >= 0.3 is 5.97 Å². The van der Waals surface area contributed by atoms with E-state index in [0.717, 1.165) is 5.56 Å². The minimum atomic E-state index is -0.991. The summed E-state index contributed by atoms with van der Waals surface area (Å²) in [5.74, 6) is -2.71. The van der Waals surface area contributed by atoms with Crippen molar-refractivity contribution in [1.29, 1.82) is 0 Å². The number of fused-ring (bicyclic) bond motifs is 2. The average Bonchev–Trinajstić information content (AvgIpc) is 3.09. The molecule has 2 bridgehead atoms. The van der Waals surface area contributed by atoms with Crippen LogP contribution < -0.4 is 5.32 Å². The number of rotatable bonds is 5. The third-order valence-electron chi connectivity index (χ3n) is 4.11. The summed E-state index contributed by atoms with van der Waals surface area (Å²) in [5, 5.41) is 12.8. The van der Waals surface area contributed by atoms with Gasteiger partial charge in [-0.25, -0.2) is 0 Å². The molecule has 3 rings (SSSR count). The molecule has 2 aliphatic heterocycles. The first-order valence-electron chi connectivity index (χ1n) is 7.15. The molecule has 1 saturated heterocycles. The first kappa shape index (κ1) is 15.1. The van der Waals surface area contributed by atoms with Crippen LogP contribution in [0.2, 0.25) is 5.02 Å². The normalized spacial score (nSPS) is 28.8. The predicted octanol–water partition coefficient (Wildman–Crippen LogP) is 1.65. The number of hydrogen-bond acceptors (Lipinski definition) is 3. The molecule has 1 amide bonds. The third kappa shape index (κ3) is 2.87. The number of carbonyl (C=O) groups is 2. The van der Waals surface area contributed by atoms with Gasteiger partial charge in [-0.15, -0.1) is 0 Å². The molecule has 22 heavy (non-hydrogen) atoms. The fourth-order valence-electron chi connectivity index (χ4n) is 3.01. The monoisotopic (exact) mass is 321 g/mol. The summed E-state index contributed by atoms with van der Waals surface area (Å²) in [7, 11) is 0. The molecule has 2 heterocycles. The minimum Gasteiger partial charge on any atom is -0.481 e. The lowest BCUT2D eigenvalue weighted by atomic mass is 9.82. The SMILES string of the molecule is O=C(O)[C@@H]1[C@H](C(=O)NCCc2ccc(Cl)cc2)[C@H]2C=C[C@H]1O2. The van der Waals surface area contributed by atoms with Crippen molar-refractivity contribution in [3.05, 3.63) is 47.0 Å². The zero-order valence-corrected chi connectivity index (χ0v) is 12.5. The lowest BCUT2D eigenvalue weighted by Gasteiger charge is -2.20. The van der Waals surface area contributed by atoms with Crippen LogP contribution in [0.25, 0.3) is 0 Å². The maximum absolute atomic E-state index is 12.3. The predicted molar refractivity (Wildman–Crippen MR) is 80.6 cm³/mol. The van der Waals surface area contributed by atoms with E-state index in [0.29, 0.717) is 18.0 Å². The molecule has 2 aliphatic rings. The van der Waals surface area contributed by atoms with Crippen molar-refractivity contribution in [3.63, 3.8) is 0 Å². The molecule has 1 aromatic rings. The minimum absolute atomic E-state index is 0.266. The van der Waals surface area contributed by atoms with Crippen LogP contribution in [0, 0.1) is 11.8 Å². The summed E-state index contributed by atoms with van der Waals surface area (Å²) in [6, 6.07) is 7.40. The molecular weight excluding hydrogens is 306 g/mol. The van der Waals surface area contributed by atoms with Crippen LogP contribution >= 0.6 is 11.6 Å². The summed E-state index contributed by atoms with van der Waals surface area (Å²) in [6.07, 6.45) is 3.24. The van der Waals surface area contributed by atoms with Gasteiger partial charge in [0.25, 0.3) is 0 Å². The van der Waals surface area contributed by atoms with Crippen LogP contribution in [-0.2, 0) is 20.7 Å². The Morgan fingerprint density at radius 1 is 1.14 bits per heavy atom. The first-order chi connectivity index (χ1) is 10.6. The highest BCUT2D eigenvalue weighted by molar-refractivity contribution is 6.30. The Morgan fingerprint density at radius 2 is 1.77 bits per heavy atom. The largest absolute Gasteiger partial charge is 0.481 e. The number of aliphatic carboxylic acids is 1. The van der Waals surface area contributed by atoms with E-state index in [4.69, 9.17) is 16.3 Å². The van der Waals surface area contributed by atoms with Gasteiger partial charge in [0.2, 0.25) is 5.91 Å². The number of ether oxygens (including phenoxy) is 1. The van der Waals surface area contributed by atoms with E-state index in [9.17, 15) is 14.7 Å². The zero-order valence-electron chi connectivity index (χ0n) is 11.7. The van der Waals surface area contributed by atoms with Crippen molar-refractivity contribution in [2.45, 2.75) is 18.6 Å². The van der Waals surface area contributed by atoms with Gasteiger partial charge in [0.1, 0.15) is 5.92 Å². The summed E-state index contributed by atoms with van der Waals surface area (Å²) in [4.78, 5) is 23.6. The van der Waals surface area contributed by atoms with Gasteiger partial charge in [-0.3, -0.25) is 9.59 Å². The highest BCUT2D eigenvalue weighted by atomic mass is 35.5. The van der Waals surface area contributed by atoms with Crippen molar-refractivity contribution < 1.29 is 19.4 Å². The maximum atomic E-state index is 12.3. The van der Waals surface area contributed by atoms with E-state index in [1.165, 1.54) is 0 Å². The van der Waals surface area contributed by atoms with Crippen LogP contribution in [0.3, 0.4) is 0 Å². The van der Waals surface area contributed by atoms with Gasteiger partial charge in [0, 0.05) is 11.6 Å². The van der Waals surface area contributed by atoms with Crippen molar-refractivity contribution in [1.82, 2.24) is 5.32 Å². The van der Waals surface area contributed by atoms with Gasteiger partial charge in [-0.2, -0.15) is 0 Å². The summed E-state index contributed by atoms with van der Waals surface area (Å²) >= 11 is 5.82. The molecule has 5 nitrogen and oxygen atoms in total. The Hall–Kier alpha value is -1.85. The first-order valence-corrected chi connectivity index (χ1v) is 7.53. The van der Waals surface area contributed by atoms with Crippen molar-refractivity contribution in [2.24, 2.45) is 11.8 Å². The van der Waals surface area contributed by atoms with Gasteiger partial charge < -0.3 is 15.2 Å². The number of amides is 1. The Kier molecular flexibility index (Phi) is 4.18. The lowest BCUT2D eigenvalue weighted by Crippen LogP contribution is -2.43. The Balaban J connectivity index is 1.56. The summed E-state index contributed by atoms with van der Waals surface area (Å²) < 4.78 is 5.49. The number of carbonyl (C=O) groups excluding carboxylic acids is 1. The van der Waals surface area contributed by atoms with Crippen molar-refractivity contribution in [3.8, 4) is 0 Å². The lowest BCUT2D eigenvalue weighted by molar-refractivity contribution is -0.146. The maximum Gasteiger partial charge on any atom is 0.310 e. The number of nitrogens with one attached hydrogen (secondary N) is 1. The molecular formula is C16H16ClNO4.